The molecule has 31 heavy (non-hydrogen) atoms. The summed E-state index contributed by atoms with van der Waals surface area (Å²) in [6.07, 6.45) is -0.0148. The second kappa shape index (κ2) is 9.82. The van der Waals surface area contributed by atoms with Gasteiger partial charge in [-0.25, -0.2) is 18.0 Å². The molecule has 0 aliphatic carbocycles. The summed E-state index contributed by atoms with van der Waals surface area (Å²) >= 11 is 0. The van der Waals surface area contributed by atoms with Gasteiger partial charge in [0, 0.05) is 12.7 Å². The van der Waals surface area contributed by atoms with Crippen molar-refractivity contribution in [2.75, 3.05) is 6.26 Å². The number of ether oxygens (including phenoxy) is 2. The predicted molar refractivity (Wildman–Crippen MR) is 114 cm³/mol. The molecule has 2 aromatic carbocycles. The van der Waals surface area contributed by atoms with Crippen molar-refractivity contribution in [3.8, 4) is 5.75 Å². The Labute approximate surface area is 182 Å². The molecule has 0 radical (unpaired) electrons. The molecule has 0 aliphatic heterocycles. The Morgan fingerprint density at radius 3 is 2.32 bits per heavy atom. The van der Waals surface area contributed by atoms with Crippen LogP contribution in [0.4, 0.5) is 4.79 Å². The number of hydrogen-bond acceptors (Lipinski definition) is 7. The average molecular weight is 450 g/mol. The first-order valence-corrected chi connectivity index (χ1v) is 11.5. The Morgan fingerprint density at radius 2 is 1.74 bits per heavy atom. The van der Waals surface area contributed by atoms with Crippen LogP contribution in [-0.2, 0) is 37.1 Å². The van der Waals surface area contributed by atoms with Gasteiger partial charge in [-0.05, 0) is 44.0 Å². The molecule has 0 saturated heterocycles. The van der Waals surface area contributed by atoms with Crippen LogP contribution in [0.25, 0.3) is 0 Å². The van der Waals surface area contributed by atoms with E-state index >= 15 is 0 Å². The molecule has 0 fully saturated rings. The van der Waals surface area contributed by atoms with E-state index in [0.29, 0.717) is 0 Å². The fraction of sp³-hybridized carbons (Fsp3) is 0.364. The first-order valence-electron chi connectivity index (χ1n) is 9.57. The van der Waals surface area contributed by atoms with Gasteiger partial charge < -0.3 is 19.9 Å². The van der Waals surface area contributed by atoms with Gasteiger partial charge in [-0.15, -0.1) is 0 Å². The third-order valence-corrected chi connectivity index (χ3v) is 5.25. The Balaban J connectivity index is 2.27. The Kier molecular flexibility index (Phi) is 7.67. The smallest absolute Gasteiger partial charge is 0.408 e. The van der Waals surface area contributed by atoms with E-state index in [0.717, 1.165) is 17.9 Å². The summed E-state index contributed by atoms with van der Waals surface area (Å²) in [5.74, 6) is -0.977. The normalized spacial score (nSPS) is 12.6. The van der Waals surface area contributed by atoms with Gasteiger partial charge in [0.15, 0.2) is 9.84 Å². The lowest BCUT2D eigenvalue weighted by Crippen LogP contribution is -2.45. The number of carbonyl (C=O) groups excluding carboxylic acids is 2. The van der Waals surface area contributed by atoms with E-state index < -0.39 is 33.5 Å². The Bertz CT molecular complexity index is 1030. The van der Waals surface area contributed by atoms with E-state index in [1.165, 1.54) is 12.1 Å². The number of aromatic hydroxyl groups is 1. The number of amides is 1. The van der Waals surface area contributed by atoms with Crippen LogP contribution in [0.3, 0.4) is 0 Å². The van der Waals surface area contributed by atoms with Crippen LogP contribution in [0.15, 0.2) is 53.4 Å². The SMILES string of the molecule is CC(C)(C)OC(=O)N[C@@H](Cc1ccc(O)cc1S(C)(=O)=O)C(=O)OCc1ccccc1. The molecule has 0 unspecified atom stereocenters. The van der Waals surface area contributed by atoms with Gasteiger partial charge in [-0.1, -0.05) is 36.4 Å². The Hall–Kier alpha value is -3.07. The number of carbonyl (C=O) groups is 2. The maximum Gasteiger partial charge on any atom is 0.408 e. The third-order valence-electron chi connectivity index (χ3n) is 4.07. The average Bonchev–Trinajstić information content (AvgIpc) is 2.65. The van der Waals surface area contributed by atoms with E-state index in [1.807, 2.05) is 6.07 Å². The van der Waals surface area contributed by atoms with Crippen LogP contribution in [0.5, 0.6) is 5.75 Å². The zero-order chi connectivity index (χ0) is 23.2. The second-order valence-electron chi connectivity index (χ2n) is 8.06. The van der Waals surface area contributed by atoms with E-state index in [-0.39, 0.29) is 29.2 Å². The first-order chi connectivity index (χ1) is 14.3. The highest BCUT2D eigenvalue weighted by Crippen LogP contribution is 2.23. The molecule has 1 amide bonds. The molecule has 0 aliphatic rings. The molecule has 2 rings (SSSR count). The van der Waals surface area contributed by atoms with Crippen molar-refractivity contribution >= 4 is 21.9 Å². The highest BCUT2D eigenvalue weighted by molar-refractivity contribution is 7.90. The molecule has 9 heteroatoms. The first kappa shape index (κ1) is 24.2. The number of rotatable bonds is 7. The van der Waals surface area contributed by atoms with Gasteiger partial charge in [0.2, 0.25) is 0 Å². The number of benzene rings is 2. The summed E-state index contributed by atoms with van der Waals surface area (Å²) in [6.45, 7) is 5.02. The highest BCUT2D eigenvalue weighted by Gasteiger charge is 2.28. The van der Waals surface area contributed by atoms with Crippen molar-refractivity contribution in [2.45, 2.75) is 50.3 Å². The molecule has 0 spiro atoms. The van der Waals surface area contributed by atoms with Gasteiger partial charge in [0.1, 0.15) is 24.0 Å². The van der Waals surface area contributed by atoms with Gasteiger partial charge in [-0.2, -0.15) is 0 Å². The topological polar surface area (TPSA) is 119 Å². The molecule has 0 aromatic heterocycles. The lowest BCUT2D eigenvalue weighted by atomic mass is 10.1. The van der Waals surface area contributed by atoms with Crippen LogP contribution in [0.2, 0.25) is 0 Å². The Morgan fingerprint density at radius 1 is 1.10 bits per heavy atom. The maximum atomic E-state index is 12.8. The minimum absolute atomic E-state index is 0.0132. The zero-order valence-corrected chi connectivity index (χ0v) is 18.7. The highest BCUT2D eigenvalue weighted by atomic mass is 32.2. The standard InChI is InChI=1S/C22H27NO7S/c1-22(2,3)30-21(26)23-18(20(25)29-14-15-8-6-5-7-9-15)12-16-10-11-17(24)13-19(16)31(4,27)28/h5-11,13,18,24H,12,14H2,1-4H3,(H,23,26)/t18-/m0/s1. The second-order valence-corrected chi connectivity index (χ2v) is 10.0. The van der Waals surface area contributed by atoms with Gasteiger partial charge in [0.25, 0.3) is 0 Å². The number of phenolic OH excluding ortho intramolecular Hbond substituents is 1. The van der Waals surface area contributed by atoms with Crippen molar-refractivity contribution in [2.24, 2.45) is 0 Å². The predicted octanol–water partition coefficient (Wildman–Crippen LogP) is 2.97. The van der Waals surface area contributed by atoms with Crippen LogP contribution in [0.1, 0.15) is 31.9 Å². The van der Waals surface area contributed by atoms with Crippen LogP contribution >= 0.6 is 0 Å². The molecule has 168 valence electrons. The lowest BCUT2D eigenvalue weighted by Gasteiger charge is -2.23. The number of phenols is 1. The number of hydrogen-bond donors (Lipinski definition) is 2. The van der Waals surface area contributed by atoms with Crippen molar-refractivity contribution < 1.29 is 32.6 Å². The number of nitrogens with one attached hydrogen (secondary N) is 1. The fourth-order valence-corrected chi connectivity index (χ4v) is 3.71. The monoisotopic (exact) mass is 449 g/mol. The number of alkyl carbamates (subject to hydrolysis) is 1. The van der Waals surface area contributed by atoms with Crippen molar-refractivity contribution in [3.63, 3.8) is 0 Å². The lowest BCUT2D eigenvalue weighted by molar-refractivity contribution is -0.147. The molecule has 1 atom stereocenters. The minimum atomic E-state index is -3.70. The molecule has 2 aromatic rings. The maximum absolute atomic E-state index is 12.8. The summed E-state index contributed by atoms with van der Waals surface area (Å²) in [5.41, 5.74) is 0.213. The van der Waals surface area contributed by atoms with Gasteiger partial charge in [-0.3, -0.25) is 0 Å². The van der Waals surface area contributed by atoms with E-state index in [9.17, 15) is 23.1 Å². The van der Waals surface area contributed by atoms with Crippen molar-refractivity contribution in [1.29, 1.82) is 0 Å². The molecular formula is C22H27NO7S. The van der Waals surface area contributed by atoms with Crippen LogP contribution < -0.4 is 5.32 Å². The fourth-order valence-electron chi connectivity index (χ4n) is 2.75. The molecular weight excluding hydrogens is 422 g/mol. The van der Waals surface area contributed by atoms with E-state index in [1.54, 1.807) is 45.0 Å². The largest absolute Gasteiger partial charge is 0.508 e. The molecule has 8 nitrogen and oxygen atoms in total. The van der Waals surface area contributed by atoms with Crippen molar-refractivity contribution in [3.05, 3.63) is 59.7 Å². The molecule has 2 N–H and O–H groups in total. The third kappa shape index (κ3) is 7.93. The van der Waals surface area contributed by atoms with Crippen LogP contribution in [0, 0.1) is 0 Å². The zero-order valence-electron chi connectivity index (χ0n) is 17.9. The van der Waals surface area contributed by atoms with E-state index in [4.69, 9.17) is 9.47 Å². The van der Waals surface area contributed by atoms with Gasteiger partial charge in [0.05, 0.1) is 4.90 Å². The summed E-state index contributed by atoms with van der Waals surface area (Å²) < 4.78 is 34.8. The summed E-state index contributed by atoms with van der Waals surface area (Å²) in [6, 6.07) is 11.6. The number of sulfone groups is 1. The molecule has 0 heterocycles. The van der Waals surface area contributed by atoms with Crippen molar-refractivity contribution in [1.82, 2.24) is 5.32 Å². The van der Waals surface area contributed by atoms with E-state index in [2.05, 4.69) is 5.32 Å². The number of esters is 1. The minimum Gasteiger partial charge on any atom is -0.508 e. The summed E-state index contributed by atoms with van der Waals surface area (Å²) in [4.78, 5) is 24.9. The summed E-state index contributed by atoms with van der Waals surface area (Å²) in [7, 11) is -3.70. The van der Waals surface area contributed by atoms with Gasteiger partial charge >= 0.3 is 12.1 Å². The molecule has 0 bridgehead atoms. The molecule has 0 saturated carbocycles. The quantitative estimate of drug-likeness (QED) is 0.624. The summed E-state index contributed by atoms with van der Waals surface area (Å²) in [5, 5.41) is 12.1. The van der Waals surface area contributed by atoms with Crippen LogP contribution in [-0.4, -0.2) is 43.5 Å².